The first-order chi connectivity index (χ1) is 13.6. The number of hydrogen-bond donors (Lipinski definition) is 0. The summed E-state index contributed by atoms with van der Waals surface area (Å²) in [4.78, 5) is 14.0. The number of Topliss-reactive ketones (excluding diaryl/α,β-unsaturated/α-hetero) is 1. The minimum atomic E-state index is -0.384. The van der Waals surface area contributed by atoms with Gasteiger partial charge < -0.3 is 0 Å². The molecule has 0 radical (unpaired) electrons. The van der Waals surface area contributed by atoms with Crippen molar-refractivity contribution in [3.05, 3.63) is 89.5 Å². The predicted molar refractivity (Wildman–Crippen MR) is 113 cm³/mol. The SMILES string of the molecule is CC1=C(c2ccccc2)[C@]2(c3ccccc3)[C@@H]3C=C[C@H]([C@H]4CC[C@@H]43)[C@]2(C)C1=O. The normalized spacial score (nSPS) is 40.3. The molecule has 0 saturated heterocycles. The largest absolute Gasteiger partial charge is 0.294 e. The van der Waals surface area contributed by atoms with E-state index in [4.69, 9.17) is 0 Å². The molecule has 0 spiro atoms. The van der Waals surface area contributed by atoms with Crippen LogP contribution in [-0.2, 0) is 10.2 Å². The average molecular weight is 367 g/mol. The highest BCUT2D eigenvalue weighted by molar-refractivity contribution is 6.15. The van der Waals surface area contributed by atoms with Crippen molar-refractivity contribution in [2.75, 3.05) is 0 Å². The lowest BCUT2D eigenvalue weighted by molar-refractivity contribution is -0.146. The maximum absolute atomic E-state index is 14.0. The van der Waals surface area contributed by atoms with Crippen LogP contribution in [0.4, 0.5) is 0 Å². The Morgan fingerprint density at radius 3 is 2.04 bits per heavy atom. The maximum Gasteiger partial charge on any atom is 0.166 e. The maximum atomic E-state index is 14.0. The van der Waals surface area contributed by atoms with Gasteiger partial charge >= 0.3 is 0 Å². The van der Waals surface area contributed by atoms with Crippen LogP contribution in [0.3, 0.4) is 0 Å². The highest BCUT2D eigenvalue weighted by Gasteiger charge is 2.74. The molecule has 7 rings (SSSR count). The molecule has 1 nitrogen and oxygen atoms in total. The Labute approximate surface area is 167 Å². The van der Waals surface area contributed by atoms with Crippen LogP contribution in [0.5, 0.6) is 0 Å². The third-order valence-corrected chi connectivity index (χ3v) is 8.69. The Balaban J connectivity index is 1.73. The first-order valence-corrected chi connectivity index (χ1v) is 10.7. The highest BCUT2D eigenvalue weighted by atomic mass is 16.1. The van der Waals surface area contributed by atoms with E-state index >= 15 is 0 Å². The quantitative estimate of drug-likeness (QED) is 0.611. The summed E-state index contributed by atoms with van der Waals surface area (Å²) in [6.45, 7) is 4.37. The monoisotopic (exact) mass is 366 g/mol. The zero-order valence-corrected chi connectivity index (χ0v) is 16.6. The van der Waals surface area contributed by atoms with Crippen LogP contribution < -0.4 is 0 Å². The van der Waals surface area contributed by atoms with Crippen LogP contribution in [0.15, 0.2) is 78.4 Å². The van der Waals surface area contributed by atoms with Crippen molar-refractivity contribution in [1.29, 1.82) is 0 Å². The van der Waals surface area contributed by atoms with Crippen molar-refractivity contribution in [3.63, 3.8) is 0 Å². The van der Waals surface area contributed by atoms with E-state index in [1.54, 1.807) is 0 Å². The topological polar surface area (TPSA) is 17.1 Å². The number of ketones is 1. The van der Waals surface area contributed by atoms with Gasteiger partial charge in [-0.1, -0.05) is 79.7 Å². The lowest BCUT2D eigenvalue weighted by Crippen LogP contribution is -2.66. The molecule has 5 aliphatic rings. The first-order valence-electron chi connectivity index (χ1n) is 10.7. The van der Waals surface area contributed by atoms with Crippen LogP contribution in [0, 0.1) is 29.1 Å². The van der Waals surface area contributed by atoms with Gasteiger partial charge in [-0.25, -0.2) is 0 Å². The van der Waals surface area contributed by atoms with Crippen LogP contribution in [-0.4, -0.2) is 5.78 Å². The van der Waals surface area contributed by atoms with Crippen LogP contribution in [0.2, 0.25) is 0 Å². The first kappa shape index (κ1) is 16.5. The Hall–Kier alpha value is -2.41. The number of benzene rings is 2. The Morgan fingerprint density at radius 2 is 1.39 bits per heavy atom. The smallest absolute Gasteiger partial charge is 0.166 e. The summed E-state index contributed by atoms with van der Waals surface area (Å²) in [5.74, 6) is 2.52. The van der Waals surface area contributed by atoms with Crippen molar-refractivity contribution < 1.29 is 4.79 Å². The molecule has 2 aromatic carbocycles. The lowest BCUT2D eigenvalue weighted by Gasteiger charge is -2.67. The molecule has 1 heteroatoms. The molecule has 2 saturated carbocycles. The van der Waals surface area contributed by atoms with Crippen molar-refractivity contribution in [1.82, 2.24) is 0 Å². The van der Waals surface area contributed by atoms with E-state index in [2.05, 4.69) is 86.7 Å². The molecule has 2 aromatic rings. The van der Waals surface area contributed by atoms with E-state index in [9.17, 15) is 4.79 Å². The molecule has 5 aliphatic carbocycles. The van der Waals surface area contributed by atoms with E-state index in [1.165, 1.54) is 29.5 Å². The standard InChI is InChI=1S/C27H26O/c1-17-24(18-9-5-3-6-10-18)27(19-11-7-4-8-12-19)23-16-15-22(20-13-14-21(20)23)26(27,2)25(17)28/h3-12,15-16,20-23H,13-14H2,1-2H3/t20-,21-,22+,23+,26+,27-/m0/s1. The van der Waals surface area contributed by atoms with Gasteiger partial charge in [-0.3, -0.25) is 4.79 Å². The number of rotatable bonds is 2. The second-order valence-electron chi connectivity index (χ2n) is 9.41. The molecule has 140 valence electrons. The number of hydrogen-bond acceptors (Lipinski definition) is 1. The molecule has 2 bridgehead atoms. The predicted octanol–water partition coefficient (Wildman–Crippen LogP) is 5.83. The van der Waals surface area contributed by atoms with Gasteiger partial charge in [0.05, 0.1) is 5.41 Å². The molecule has 0 N–H and O–H groups in total. The summed E-state index contributed by atoms with van der Waals surface area (Å²) < 4.78 is 0. The minimum Gasteiger partial charge on any atom is -0.294 e. The van der Waals surface area contributed by atoms with E-state index in [0.29, 0.717) is 29.5 Å². The zero-order valence-electron chi connectivity index (χ0n) is 16.6. The van der Waals surface area contributed by atoms with Crippen LogP contribution in [0.1, 0.15) is 37.8 Å². The Morgan fingerprint density at radius 1 is 0.821 bits per heavy atom. The fourth-order valence-electron chi connectivity index (χ4n) is 7.61. The van der Waals surface area contributed by atoms with Crippen molar-refractivity contribution in [2.45, 2.75) is 32.1 Å². The average Bonchev–Trinajstić information content (AvgIpc) is 2.90. The third-order valence-electron chi connectivity index (χ3n) is 8.69. The molecule has 0 aliphatic heterocycles. The molecule has 0 amide bonds. The second kappa shape index (κ2) is 5.35. The summed E-state index contributed by atoms with van der Waals surface area (Å²) in [5.41, 5.74) is 4.18. The van der Waals surface area contributed by atoms with E-state index in [1.807, 2.05) is 0 Å². The third kappa shape index (κ3) is 1.61. The van der Waals surface area contributed by atoms with Gasteiger partial charge in [0.15, 0.2) is 5.78 Å². The molecular weight excluding hydrogens is 340 g/mol. The van der Waals surface area contributed by atoms with Gasteiger partial charge in [0.25, 0.3) is 0 Å². The molecule has 6 atom stereocenters. The van der Waals surface area contributed by atoms with Gasteiger partial charge in [-0.15, -0.1) is 0 Å². The van der Waals surface area contributed by atoms with Crippen molar-refractivity contribution >= 4 is 11.4 Å². The summed E-state index contributed by atoms with van der Waals surface area (Å²) in [5, 5.41) is 0. The summed E-state index contributed by atoms with van der Waals surface area (Å²) >= 11 is 0. The zero-order chi connectivity index (χ0) is 19.1. The highest BCUT2D eigenvalue weighted by Crippen LogP contribution is 2.76. The molecular formula is C27H26O. The summed E-state index contributed by atoms with van der Waals surface area (Å²) in [6.07, 6.45) is 7.47. The van der Waals surface area contributed by atoms with Crippen molar-refractivity contribution in [3.8, 4) is 0 Å². The molecule has 0 heterocycles. The van der Waals surface area contributed by atoms with E-state index in [0.717, 1.165) is 5.57 Å². The molecule has 28 heavy (non-hydrogen) atoms. The number of allylic oxidation sites excluding steroid dienone is 4. The lowest BCUT2D eigenvalue weighted by atomic mass is 9.34. The fourth-order valence-corrected chi connectivity index (χ4v) is 7.61. The van der Waals surface area contributed by atoms with Gasteiger partial charge in [0.2, 0.25) is 0 Å². The summed E-state index contributed by atoms with van der Waals surface area (Å²) in [6, 6.07) is 21.6. The fraction of sp³-hybridized carbons (Fsp3) is 0.370. The van der Waals surface area contributed by atoms with Gasteiger partial charge in [-0.2, -0.15) is 0 Å². The van der Waals surface area contributed by atoms with Crippen LogP contribution in [0.25, 0.3) is 5.57 Å². The van der Waals surface area contributed by atoms with Gasteiger partial charge in [-0.05, 0) is 65.7 Å². The van der Waals surface area contributed by atoms with Crippen LogP contribution >= 0.6 is 0 Å². The Kier molecular flexibility index (Phi) is 3.16. The molecule has 0 unspecified atom stereocenters. The molecule has 2 fully saturated rings. The second-order valence-corrected chi connectivity index (χ2v) is 9.41. The molecule has 0 aromatic heterocycles. The minimum absolute atomic E-state index is 0.252. The summed E-state index contributed by atoms with van der Waals surface area (Å²) in [7, 11) is 0. The van der Waals surface area contributed by atoms with E-state index < -0.39 is 0 Å². The van der Waals surface area contributed by atoms with Gasteiger partial charge in [0, 0.05) is 5.41 Å². The van der Waals surface area contributed by atoms with E-state index in [-0.39, 0.29) is 10.8 Å². The Bertz CT molecular complexity index is 1030. The van der Waals surface area contributed by atoms with Crippen molar-refractivity contribution in [2.24, 2.45) is 29.1 Å². The van der Waals surface area contributed by atoms with Gasteiger partial charge in [0.1, 0.15) is 0 Å². The number of carbonyl (C=O) groups is 1. The number of carbonyl (C=O) groups excluding carboxylic acids is 1.